The van der Waals surface area contributed by atoms with Crippen molar-refractivity contribution in [2.45, 2.75) is 45.1 Å². The fraction of sp³-hybridized carbons (Fsp3) is 0.500. The predicted molar refractivity (Wildman–Crippen MR) is 86.3 cm³/mol. The van der Waals surface area contributed by atoms with Crippen LogP contribution in [-0.4, -0.2) is 12.6 Å². The molecule has 3 heteroatoms. The zero-order chi connectivity index (χ0) is 14.1. The molecule has 106 valence electrons. The average Bonchev–Trinajstić information content (AvgIpc) is 2.39. The van der Waals surface area contributed by atoms with Crippen LogP contribution in [0.5, 0.6) is 0 Å². The van der Waals surface area contributed by atoms with Crippen LogP contribution in [0.3, 0.4) is 0 Å². The fourth-order valence-corrected chi connectivity index (χ4v) is 2.57. The number of hydrogen-bond donors (Lipinski definition) is 1. The number of unbranched alkanes of at least 4 members (excludes halogenated alkanes) is 1. The molecule has 0 aliphatic carbocycles. The molecule has 1 N–H and O–H groups in total. The number of hydrogen-bond acceptors (Lipinski definition) is 1. The lowest BCUT2D eigenvalue weighted by Crippen LogP contribution is -2.31. The Hall–Kier alpha value is -0.500. The first kappa shape index (κ1) is 16.6. The third-order valence-corrected chi connectivity index (χ3v) is 3.71. The third-order valence-electron chi connectivity index (χ3n) is 3.13. The molecule has 1 rings (SSSR count). The van der Waals surface area contributed by atoms with Crippen molar-refractivity contribution < 1.29 is 0 Å². The highest BCUT2D eigenvalue weighted by atomic mass is 35.5. The lowest BCUT2D eigenvalue weighted by atomic mass is 10.0. The summed E-state index contributed by atoms with van der Waals surface area (Å²) >= 11 is 12.2. The SMILES string of the molecule is C=CCCCC(Cc1ccc(Cl)cc1Cl)NCCC. The van der Waals surface area contributed by atoms with E-state index in [1.165, 1.54) is 5.56 Å². The Morgan fingerprint density at radius 3 is 2.79 bits per heavy atom. The second kappa shape index (κ2) is 9.41. The second-order valence-electron chi connectivity index (χ2n) is 4.81. The first-order valence-electron chi connectivity index (χ1n) is 6.95. The molecule has 0 aliphatic rings. The lowest BCUT2D eigenvalue weighted by Gasteiger charge is -2.19. The van der Waals surface area contributed by atoms with Gasteiger partial charge in [-0.2, -0.15) is 0 Å². The van der Waals surface area contributed by atoms with E-state index in [9.17, 15) is 0 Å². The van der Waals surface area contributed by atoms with Gasteiger partial charge in [-0.1, -0.05) is 42.3 Å². The molecule has 0 spiro atoms. The minimum atomic E-state index is 0.471. The van der Waals surface area contributed by atoms with Gasteiger partial charge in [0.1, 0.15) is 0 Å². The van der Waals surface area contributed by atoms with Gasteiger partial charge in [-0.3, -0.25) is 0 Å². The summed E-state index contributed by atoms with van der Waals surface area (Å²) in [6.07, 6.45) is 7.45. The summed E-state index contributed by atoms with van der Waals surface area (Å²) in [4.78, 5) is 0. The Morgan fingerprint density at radius 1 is 1.37 bits per heavy atom. The van der Waals surface area contributed by atoms with Gasteiger partial charge in [0.15, 0.2) is 0 Å². The smallest absolute Gasteiger partial charge is 0.0453 e. The monoisotopic (exact) mass is 299 g/mol. The van der Waals surface area contributed by atoms with Crippen molar-refractivity contribution in [1.29, 1.82) is 0 Å². The first-order valence-corrected chi connectivity index (χ1v) is 7.71. The van der Waals surface area contributed by atoms with E-state index in [1.807, 2.05) is 24.3 Å². The van der Waals surface area contributed by atoms with Crippen molar-refractivity contribution in [3.05, 3.63) is 46.5 Å². The van der Waals surface area contributed by atoms with E-state index in [1.54, 1.807) is 0 Å². The van der Waals surface area contributed by atoms with E-state index in [2.05, 4.69) is 18.8 Å². The first-order chi connectivity index (χ1) is 9.17. The molecule has 1 aromatic rings. The number of halogens is 2. The molecule has 0 aromatic heterocycles. The topological polar surface area (TPSA) is 12.0 Å². The summed E-state index contributed by atoms with van der Waals surface area (Å²) in [5.74, 6) is 0. The van der Waals surface area contributed by atoms with Gasteiger partial charge in [0.2, 0.25) is 0 Å². The highest BCUT2D eigenvalue weighted by Gasteiger charge is 2.11. The molecule has 1 nitrogen and oxygen atoms in total. The molecule has 1 atom stereocenters. The van der Waals surface area contributed by atoms with Crippen molar-refractivity contribution >= 4 is 23.2 Å². The minimum absolute atomic E-state index is 0.471. The maximum Gasteiger partial charge on any atom is 0.0453 e. The Bertz CT molecular complexity index is 390. The van der Waals surface area contributed by atoms with E-state index in [-0.39, 0.29) is 0 Å². The Labute approximate surface area is 127 Å². The van der Waals surface area contributed by atoms with Crippen molar-refractivity contribution in [3.8, 4) is 0 Å². The van der Waals surface area contributed by atoms with Crippen LogP contribution in [0.25, 0.3) is 0 Å². The van der Waals surface area contributed by atoms with Crippen LogP contribution in [0.4, 0.5) is 0 Å². The van der Waals surface area contributed by atoms with Crippen LogP contribution in [-0.2, 0) is 6.42 Å². The zero-order valence-corrected chi connectivity index (χ0v) is 13.1. The van der Waals surface area contributed by atoms with Gasteiger partial charge in [-0.25, -0.2) is 0 Å². The van der Waals surface area contributed by atoms with Crippen LogP contribution in [0.2, 0.25) is 10.0 Å². The van der Waals surface area contributed by atoms with Gasteiger partial charge in [0.05, 0.1) is 0 Å². The summed E-state index contributed by atoms with van der Waals surface area (Å²) in [5, 5.41) is 5.05. The van der Waals surface area contributed by atoms with Crippen molar-refractivity contribution in [3.63, 3.8) is 0 Å². The van der Waals surface area contributed by atoms with Crippen LogP contribution < -0.4 is 5.32 Å². The van der Waals surface area contributed by atoms with Gasteiger partial charge in [0, 0.05) is 16.1 Å². The van der Waals surface area contributed by atoms with E-state index in [0.29, 0.717) is 11.1 Å². The van der Waals surface area contributed by atoms with Crippen LogP contribution in [0.15, 0.2) is 30.9 Å². The van der Waals surface area contributed by atoms with Crippen LogP contribution in [0.1, 0.15) is 38.2 Å². The van der Waals surface area contributed by atoms with Gasteiger partial charge < -0.3 is 5.32 Å². The zero-order valence-electron chi connectivity index (χ0n) is 11.6. The Balaban J connectivity index is 2.60. The third kappa shape index (κ3) is 6.47. The molecule has 0 fully saturated rings. The van der Waals surface area contributed by atoms with Gasteiger partial charge in [-0.15, -0.1) is 6.58 Å². The van der Waals surface area contributed by atoms with Crippen LogP contribution >= 0.6 is 23.2 Å². The van der Waals surface area contributed by atoms with Gasteiger partial charge in [-0.05, 0) is 56.3 Å². The molecule has 0 radical (unpaired) electrons. The van der Waals surface area contributed by atoms with Crippen molar-refractivity contribution in [1.82, 2.24) is 5.32 Å². The molecule has 0 aliphatic heterocycles. The van der Waals surface area contributed by atoms with Crippen molar-refractivity contribution in [2.24, 2.45) is 0 Å². The summed E-state index contributed by atoms with van der Waals surface area (Å²) in [5.41, 5.74) is 1.17. The van der Waals surface area contributed by atoms with E-state index < -0.39 is 0 Å². The second-order valence-corrected chi connectivity index (χ2v) is 5.65. The van der Waals surface area contributed by atoms with E-state index in [4.69, 9.17) is 23.2 Å². The maximum absolute atomic E-state index is 6.24. The largest absolute Gasteiger partial charge is 0.314 e. The van der Waals surface area contributed by atoms with E-state index >= 15 is 0 Å². The number of rotatable bonds is 9. The highest BCUT2D eigenvalue weighted by molar-refractivity contribution is 6.35. The molecule has 0 amide bonds. The standard InChI is InChI=1S/C16H23Cl2N/c1-3-5-6-7-15(19-10-4-2)11-13-8-9-14(17)12-16(13)18/h3,8-9,12,15,19H,1,4-7,10-11H2,2H3. The summed E-state index contributed by atoms with van der Waals surface area (Å²) < 4.78 is 0. The molecule has 0 saturated heterocycles. The lowest BCUT2D eigenvalue weighted by molar-refractivity contribution is 0.466. The fourth-order valence-electron chi connectivity index (χ4n) is 2.09. The molecule has 0 saturated carbocycles. The number of nitrogens with one attached hydrogen (secondary N) is 1. The average molecular weight is 300 g/mol. The highest BCUT2D eigenvalue weighted by Crippen LogP contribution is 2.23. The normalized spacial score (nSPS) is 12.4. The van der Waals surface area contributed by atoms with E-state index in [0.717, 1.165) is 43.7 Å². The molecular formula is C16H23Cl2N. The number of benzene rings is 1. The quantitative estimate of drug-likeness (QED) is 0.484. The Kier molecular flexibility index (Phi) is 8.20. The predicted octanol–water partition coefficient (Wildman–Crippen LogP) is 5.26. The summed E-state index contributed by atoms with van der Waals surface area (Å²) in [6.45, 7) is 7.00. The Morgan fingerprint density at radius 2 is 2.16 bits per heavy atom. The van der Waals surface area contributed by atoms with Gasteiger partial charge >= 0.3 is 0 Å². The van der Waals surface area contributed by atoms with Crippen LogP contribution in [0, 0.1) is 0 Å². The van der Waals surface area contributed by atoms with Gasteiger partial charge in [0.25, 0.3) is 0 Å². The summed E-state index contributed by atoms with van der Waals surface area (Å²) in [7, 11) is 0. The molecular weight excluding hydrogens is 277 g/mol. The molecule has 0 heterocycles. The number of allylic oxidation sites excluding steroid dienone is 1. The van der Waals surface area contributed by atoms with Crippen molar-refractivity contribution in [2.75, 3.05) is 6.54 Å². The minimum Gasteiger partial charge on any atom is -0.314 e. The molecule has 1 unspecified atom stereocenters. The maximum atomic E-state index is 6.24. The molecule has 1 aromatic carbocycles. The molecule has 19 heavy (non-hydrogen) atoms. The summed E-state index contributed by atoms with van der Waals surface area (Å²) in [6, 6.07) is 6.22. The molecule has 0 bridgehead atoms.